The zero-order valence-corrected chi connectivity index (χ0v) is 12.8. The Morgan fingerprint density at radius 1 is 1.27 bits per heavy atom. The van der Waals surface area contributed by atoms with Gasteiger partial charge in [0.05, 0.1) is 6.54 Å². The molecule has 2 aromatic rings. The molecule has 5 nitrogen and oxygen atoms in total. The van der Waals surface area contributed by atoms with E-state index in [1.165, 1.54) is 5.39 Å². The van der Waals surface area contributed by atoms with Crippen molar-refractivity contribution in [2.75, 3.05) is 26.7 Å². The highest BCUT2D eigenvalue weighted by Gasteiger charge is 2.22. The molecule has 0 unspecified atom stereocenters. The van der Waals surface area contributed by atoms with Gasteiger partial charge in [-0.2, -0.15) is 0 Å². The van der Waals surface area contributed by atoms with Gasteiger partial charge in [-0.05, 0) is 24.5 Å². The Balaban J connectivity index is 1.63. The van der Waals surface area contributed by atoms with Crippen LogP contribution in [0.15, 0.2) is 30.5 Å². The summed E-state index contributed by atoms with van der Waals surface area (Å²) in [4.78, 5) is 30.9. The number of aromatic nitrogens is 1. The zero-order valence-electron chi connectivity index (χ0n) is 12.8. The second kappa shape index (κ2) is 6.22. The second-order valence-electron chi connectivity index (χ2n) is 5.84. The van der Waals surface area contributed by atoms with E-state index in [4.69, 9.17) is 0 Å². The number of aromatic amines is 1. The summed E-state index contributed by atoms with van der Waals surface area (Å²) in [6, 6.07) is 8.10. The lowest BCUT2D eigenvalue weighted by atomic mass is 10.1. The van der Waals surface area contributed by atoms with E-state index in [1.807, 2.05) is 24.4 Å². The number of benzene rings is 1. The van der Waals surface area contributed by atoms with Crippen LogP contribution < -0.4 is 0 Å². The molecule has 1 aromatic carbocycles. The molecule has 1 aliphatic heterocycles. The number of para-hydroxylation sites is 1. The van der Waals surface area contributed by atoms with Crippen LogP contribution in [0, 0.1) is 0 Å². The first-order valence-corrected chi connectivity index (χ1v) is 7.72. The maximum atomic E-state index is 12.4. The van der Waals surface area contributed by atoms with Crippen molar-refractivity contribution < 1.29 is 9.59 Å². The molecule has 1 N–H and O–H groups in total. The van der Waals surface area contributed by atoms with Gasteiger partial charge in [0.15, 0.2) is 0 Å². The molecule has 0 radical (unpaired) electrons. The number of nitrogens with zero attached hydrogens (tertiary/aromatic N) is 2. The van der Waals surface area contributed by atoms with Gasteiger partial charge in [0.1, 0.15) is 0 Å². The molecule has 116 valence electrons. The molecule has 3 rings (SSSR count). The summed E-state index contributed by atoms with van der Waals surface area (Å²) in [6.45, 7) is 1.61. The van der Waals surface area contributed by atoms with Gasteiger partial charge < -0.3 is 14.8 Å². The lowest BCUT2D eigenvalue weighted by Gasteiger charge is -2.19. The predicted molar refractivity (Wildman–Crippen MR) is 85.5 cm³/mol. The van der Waals surface area contributed by atoms with E-state index in [2.05, 4.69) is 11.1 Å². The minimum absolute atomic E-state index is 0.0259. The molecular weight excluding hydrogens is 278 g/mol. The van der Waals surface area contributed by atoms with E-state index in [0.717, 1.165) is 24.0 Å². The van der Waals surface area contributed by atoms with Gasteiger partial charge in [-0.3, -0.25) is 9.59 Å². The van der Waals surface area contributed by atoms with Crippen molar-refractivity contribution in [3.8, 4) is 0 Å². The summed E-state index contributed by atoms with van der Waals surface area (Å²) in [6.07, 6.45) is 3.96. The van der Waals surface area contributed by atoms with Crippen molar-refractivity contribution in [1.82, 2.24) is 14.8 Å². The Kier molecular flexibility index (Phi) is 4.13. The quantitative estimate of drug-likeness (QED) is 0.939. The number of nitrogens with one attached hydrogen (secondary N) is 1. The van der Waals surface area contributed by atoms with Crippen LogP contribution in [-0.4, -0.2) is 53.3 Å². The van der Waals surface area contributed by atoms with Crippen LogP contribution in [0.5, 0.6) is 0 Å². The highest BCUT2D eigenvalue weighted by Crippen LogP contribution is 2.19. The van der Waals surface area contributed by atoms with Gasteiger partial charge in [-0.15, -0.1) is 0 Å². The highest BCUT2D eigenvalue weighted by atomic mass is 16.2. The van der Waals surface area contributed by atoms with Gasteiger partial charge in [0, 0.05) is 43.7 Å². The number of fused-ring (bicyclic) bond motifs is 1. The summed E-state index contributed by atoms with van der Waals surface area (Å²) in [5.74, 6) is 0.0897. The van der Waals surface area contributed by atoms with E-state index in [0.29, 0.717) is 19.4 Å². The van der Waals surface area contributed by atoms with Crippen molar-refractivity contribution in [2.45, 2.75) is 19.3 Å². The number of hydrogen-bond acceptors (Lipinski definition) is 2. The molecule has 2 heterocycles. The number of rotatable bonds is 3. The Bertz CT molecular complexity index is 692. The number of H-pyrrole nitrogens is 1. The van der Waals surface area contributed by atoms with Crippen molar-refractivity contribution in [2.24, 2.45) is 0 Å². The molecule has 1 fully saturated rings. The Labute approximate surface area is 129 Å². The van der Waals surface area contributed by atoms with E-state index in [9.17, 15) is 9.59 Å². The maximum Gasteiger partial charge on any atom is 0.241 e. The third-order valence-electron chi connectivity index (χ3n) is 4.31. The SMILES string of the molecule is CN1CCCN(C(=O)CCc2c[nH]c3ccccc23)CC1=O. The molecular formula is C17H21N3O2. The molecule has 1 aromatic heterocycles. The average molecular weight is 299 g/mol. The predicted octanol–water partition coefficient (Wildman–Crippen LogP) is 1.79. The van der Waals surface area contributed by atoms with E-state index < -0.39 is 0 Å². The molecule has 0 atom stereocenters. The van der Waals surface area contributed by atoms with Crippen molar-refractivity contribution in [3.63, 3.8) is 0 Å². The van der Waals surface area contributed by atoms with Crippen LogP contribution in [-0.2, 0) is 16.0 Å². The number of carbonyl (C=O) groups is 2. The lowest BCUT2D eigenvalue weighted by molar-refractivity contribution is -0.138. The molecule has 1 saturated heterocycles. The Morgan fingerprint density at radius 2 is 2.09 bits per heavy atom. The summed E-state index contributed by atoms with van der Waals surface area (Å²) in [5, 5.41) is 1.17. The molecule has 0 spiro atoms. The highest BCUT2D eigenvalue weighted by molar-refractivity contribution is 5.86. The molecule has 1 aliphatic rings. The minimum atomic E-state index is 0.0259. The first kappa shape index (κ1) is 14.6. The molecule has 0 bridgehead atoms. The van der Waals surface area contributed by atoms with Crippen LogP contribution >= 0.6 is 0 Å². The third-order valence-corrected chi connectivity index (χ3v) is 4.31. The summed E-state index contributed by atoms with van der Waals surface area (Å²) in [5.41, 5.74) is 2.25. The lowest BCUT2D eigenvalue weighted by Crippen LogP contribution is -2.38. The van der Waals surface area contributed by atoms with Crippen LogP contribution in [0.3, 0.4) is 0 Å². The summed E-state index contributed by atoms with van der Waals surface area (Å²) >= 11 is 0. The fraction of sp³-hybridized carbons (Fsp3) is 0.412. The first-order valence-electron chi connectivity index (χ1n) is 7.72. The van der Waals surface area contributed by atoms with Crippen LogP contribution in [0.4, 0.5) is 0 Å². The zero-order chi connectivity index (χ0) is 15.5. The topological polar surface area (TPSA) is 56.4 Å². The Hall–Kier alpha value is -2.30. The van der Waals surface area contributed by atoms with E-state index in [1.54, 1.807) is 16.8 Å². The van der Waals surface area contributed by atoms with Gasteiger partial charge >= 0.3 is 0 Å². The second-order valence-corrected chi connectivity index (χ2v) is 5.84. The summed E-state index contributed by atoms with van der Waals surface area (Å²) in [7, 11) is 1.79. The number of hydrogen-bond donors (Lipinski definition) is 1. The number of amides is 2. The minimum Gasteiger partial charge on any atom is -0.361 e. The van der Waals surface area contributed by atoms with Gasteiger partial charge in [0.25, 0.3) is 0 Å². The van der Waals surface area contributed by atoms with E-state index in [-0.39, 0.29) is 18.4 Å². The molecule has 5 heteroatoms. The smallest absolute Gasteiger partial charge is 0.241 e. The standard InChI is InChI=1S/C17H21N3O2/c1-19-9-4-10-20(12-17(19)22)16(21)8-7-13-11-18-15-6-3-2-5-14(13)15/h2-3,5-6,11,18H,4,7-10,12H2,1H3. The molecule has 22 heavy (non-hydrogen) atoms. The van der Waals surface area contributed by atoms with Gasteiger partial charge in [-0.25, -0.2) is 0 Å². The Morgan fingerprint density at radius 3 is 2.95 bits per heavy atom. The van der Waals surface area contributed by atoms with Crippen molar-refractivity contribution in [3.05, 3.63) is 36.0 Å². The van der Waals surface area contributed by atoms with E-state index >= 15 is 0 Å². The van der Waals surface area contributed by atoms with Crippen molar-refractivity contribution in [1.29, 1.82) is 0 Å². The number of carbonyl (C=O) groups excluding carboxylic acids is 2. The van der Waals surface area contributed by atoms with Crippen LogP contribution in [0.2, 0.25) is 0 Å². The number of likely N-dealkylation sites (N-methyl/N-ethyl adjacent to an activating group) is 1. The summed E-state index contributed by atoms with van der Waals surface area (Å²) < 4.78 is 0. The first-order chi connectivity index (χ1) is 10.6. The van der Waals surface area contributed by atoms with Crippen molar-refractivity contribution >= 4 is 22.7 Å². The number of aryl methyl sites for hydroxylation is 1. The third kappa shape index (κ3) is 2.98. The molecule has 0 aliphatic carbocycles. The average Bonchev–Trinajstić information content (AvgIpc) is 2.86. The largest absolute Gasteiger partial charge is 0.361 e. The van der Waals surface area contributed by atoms with Gasteiger partial charge in [-0.1, -0.05) is 18.2 Å². The normalized spacial score (nSPS) is 16.1. The molecule has 2 amide bonds. The van der Waals surface area contributed by atoms with Gasteiger partial charge in [0.2, 0.25) is 11.8 Å². The van der Waals surface area contributed by atoms with Crippen LogP contribution in [0.1, 0.15) is 18.4 Å². The van der Waals surface area contributed by atoms with Crippen LogP contribution in [0.25, 0.3) is 10.9 Å². The fourth-order valence-electron chi connectivity index (χ4n) is 2.94. The monoisotopic (exact) mass is 299 g/mol. The maximum absolute atomic E-state index is 12.4. The molecule has 0 saturated carbocycles. The fourth-order valence-corrected chi connectivity index (χ4v) is 2.94.